The number of hydrogen-bond acceptors (Lipinski definition) is 5. The van der Waals surface area contributed by atoms with Crippen molar-refractivity contribution in [1.82, 2.24) is 9.88 Å². The number of amides is 2. The topological polar surface area (TPSA) is 66.0 Å². The predicted octanol–water partition coefficient (Wildman–Crippen LogP) is 8.77. The maximum atomic E-state index is 13.0. The van der Waals surface area contributed by atoms with Gasteiger partial charge >= 0.3 is 0 Å². The number of hydrogen-bond donors (Lipinski definition) is 0. The minimum Gasteiger partial charge on any atom is -0.496 e. The third-order valence-corrected chi connectivity index (χ3v) is 6.94. The highest BCUT2D eigenvalue weighted by molar-refractivity contribution is 6.13. The molecule has 0 N–H and O–H groups in total. The van der Waals surface area contributed by atoms with E-state index in [4.69, 9.17) is 9.72 Å². The zero-order valence-corrected chi connectivity index (χ0v) is 28.5. The van der Waals surface area contributed by atoms with Crippen molar-refractivity contribution in [1.29, 1.82) is 0 Å². The van der Waals surface area contributed by atoms with Gasteiger partial charge in [0.25, 0.3) is 11.8 Å². The Hall–Kier alpha value is -3.87. The first-order valence-electron chi connectivity index (χ1n) is 16.0. The van der Waals surface area contributed by atoms with Crippen LogP contribution in [0.4, 0.5) is 17.2 Å². The number of ether oxygens (including phenoxy) is 1. The quantitative estimate of drug-likeness (QED) is 0.304. The van der Waals surface area contributed by atoms with Gasteiger partial charge in [-0.15, -0.1) is 0 Å². The van der Waals surface area contributed by atoms with E-state index in [0.717, 1.165) is 54.4 Å². The number of carbonyl (C=O) groups is 2. The predicted molar refractivity (Wildman–Crippen MR) is 182 cm³/mol. The van der Waals surface area contributed by atoms with Crippen molar-refractivity contribution in [3.05, 3.63) is 77.0 Å². The van der Waals surface area contributed by atoms with Crippen LogP contribution in [0.2, 0.25) is 0 Å². The highest BCUT2D eigenvalue weighted by Crippen LogP contribution is 2.38. The maximum absolute atomic E-state index is 13.0. The highest BCUT2D eigenvalue weighted by Gasteiger charge is 2.28. The number of nitrogens with zero attached hydrogens (tertiary/aromatic N) is 4. The fourth-order valence-corrected chi connectivity index (χ4v) is 4.94. The van der Waals surface area contributed by atoms with Crippen molar-refractivity contribution in [2.24, 2.45) is 0 Å². The van der Waals surface area contributed by atoms with Crippen molar-refractivity contribution in [3.8, 4) is 5.75 Å². The fraction of sp³-hybridized carbons (Fsp3) is 0.472. The van der Waals surface area contributed by atoms with Crippen LogP contribution in [0.25, 0.3) is 0 Å². The second kappa shape index (κ2) is 19.3. The molecule has 236 valence electrons. The van der Waals surface area contributed by atoms with E-state index in [-0.39, 0.29) is 11.8 Å². The third kappa shape index (κ3) is 8.82. The molecule has 1 fully saturated rings. The molecule has 0 radical (unpaired) electrons. The number of benzene rings is 2. The number of carbonyl (C=O) groups excluding carboxylic acids is 2. The molecule has 0 bridgehead atoms. The van der Waals surface area contributed by atoms with Gasteiger partial charge in [0.15, 0.2) is 5.82 Å². The van der Waals surface area contributed by atoms with Gasteiger partial charge in [-0.3, -0.25) is 9.59 Å². The summed E-state index contributed by atoms with van der Waals surface area (Å²) in [5.41, 5.74) is 4.69. The first-order valence-corrected chi connectivity index (χ1v) is 16.0. The van der Waals surface area contributed by atoms with Crippen molar-refractivity contribution in [3.63, 3.8) is 0 Å². The molecule has 1 saturated heterocycles. The molecule has 2 aromatic carbocycles. The molecule has 0 atom stereocenters. The number of para-hydroxylation sites is 1. The third-order valence-electron chi connectivity index (χ3n) is 6.94. The molecule has 5 rings (SSSR count). The summed E-state index contributed by atoms with van der Waals surface area (Å²) in [5.74, 6) is 1.40. The van der Waals surface area contributed by atoms with Crippen LogP contribution in [0.1, 0.15) is 107 Å². The number of rotatable bonds is 4. The first kappa shape index (κ1) is 37.2. The molecular weight excluding hydrogens is 536 g/mol. The summed E-state index contributed by atoms with van der Waals surface area (Å²) in [5, 5.41) is 0. The summed E-state index contributed by atoms with van der Waals surface area (Å²) in [4.78, 5) is 36.5. The summed E-state index contributed by atoms with van der Waals surface area (Å²) >= 11 is 0. The van der Waals surface area contributed by atoms with Crippen molar-refractivity contribution < 1.29 is 14.3 Å². The lowest BCUT2D eigenvalue weighted by molar-refractivity contribution is 0.0723. The van der Waals surface area contributed by atoms with Crippen LogP contribution in [0.3, 0.4) is 0 Å². The standard InChI is InChI=1S/C28H30N4O3.4C2H6/c1-30-23-10-6-5-9-22(23)28(34)31(2)24-14-13-21(29-26(24)30)17-19-11-12-20(18-25(19)35-3)27(33)32-15-7-4-8-16-32;4*1-2/h5-6,9-14,18H,4,7-8,15-17H2,1-3H3;4*1-2H3. The number of anilines is 3. The molecule has 3 aromatic rings. The molecule has 0 saturated carbocycles. The SMILES string of the molecule is CC.CC.CC.CC.COc1cc(C(=O)N2CCCCC2)ccc1Cc1ccc2c(n1)N(C)c1ccccc1C(=O)N2C. The number of pyridine rings is 1. The van der Waals surface area contributed by atoms with Gasteiger partial charge in [0.1, 0.15) is 5.75 Å². The van der Waals surface area contributed by atoms with Crippen LogP contribution >= 0.6 is 0 Å². The zero-order valence-electron chi connectivity index (χ0n) is 28.5. The Morgan fingerprint density at radius 2 is 1.42 bits per heavy atom. The van der Waals surface area contributed by atoms with Crippen molar-refractivity contribution >= 4 is 29.0 Å². The first-order chi connectivity index (χ1) is 21.0. The fourth-order valence-electron chi connectivity index (χ4n) is 4.94. The average molecular weight is 591 g/mol. The van der Waals surface area contributed by atoms with Gasteiger partial charge in [0.2, 0.25) is 0 Å². The summed E-state index contributed by atoms with van der Waals surface area (Å²) in [7, 11) is 5.34. The number of fused-ring (bicyclic) bond motifs is 2. The summed E-state index contributed by atoms with van der Waals surface area (Å²) in [6, 6.07) is 17.1. The largest absolute Gasteiger partial charge is 0.496 e. The molecule has 7 nitrogen and oxygen atoms in total. The summed E-state index contributed by atoms with van der Waals surface area (Å²) < 4.78 is 5.67. The molecule has 0 spiro atoms. The number of piperidine rings is 1. The van der Waals surface area contributed by atoms with Crippen LogP contribution < -0.4 is 14.5 Å². The van der Waals surface area contributed by atoms with Gasteiger partial charge in [-0.25, -0.2) is 4.98 Å². The Bertz CT molecular complexity index is 1290. The molecule has 0 unspecified atom stereocenters. The van der Waals surface area contributed by atoms with Gasteiger partial charge in [-0.05, 0) is 55.7 Å². The molecule has 2 amide bonds. The Kier molecular flexibility index (Phi) is 16.7. The summed E-state index contributed by atoms with van der Waals surface area (Å²) in [6.07, 6.45) is 3.85. The van der Waals surface area contributed by atoms with Gasteiger partial charge in [-0.2, -0.15) is 0 Å². The normalized spacial score (nSPS) is 13.1. The van der Waals surface area contributed by atoms with E-state index in [1.54, 1.807) is 19.1 Å². The van der Waals surface area contributed by atoms with Crippen molar-refractivity contribution in [2.75, 3.05) is 44.1 Å². The minimum atomic E-state index is -0.0589. The summed E-state index contributed by atoms with van der Waals surface area (Å²) in [6.45, 7) is 17.6. The second-order valence-electron chi connectivity index (χ2n) is 9.14. The Balaban J connectivity index is 0.00000107. The Morgan fingerprint density at radius 1 is 0.791 bits per heavy atom. The van der Waals surface area contributed by atoms with Crippen molar-refractivity contribution in [2.45, 2.75) is 81.1 Å². The minimum absolute atomic E-state index is 0.0589. The van der Waals surface area contributed by atoms with E-state index in [0.29, 0.717) is 23.3 Å². The molecule has 7 heteroatoms. The molecule has 43 heavy (non-hydrogen) atoms. The number of likely N-dealkylation sites (tertiary alicyclic amines) is 1. The lowest BCUT2D eigenvalue weighted by Gasteiger charge is -2.27. The zero-order chi connectivity index (χ0) is 32.5. The van der Waals surface area contributed by atoms with Gasteiger partial charge < -0.3 is 19.4 Å². The van der Waals surface area contributed by atoms with E-state index in [9.17, 15) is 9.59 Å². The molecule has 3 heterocycles. The molecule has 1 aromatic heterocycles. The van der Waals surface area contributed by atoms with Gasteiger partial charge in [0.05, 0.1) is 24.0 Å². The lowest BCUT2D eigenvalue weighted by Crippen LogP contribution is -2.35. The van der Waals surface area contributed by atoms with E-state index >= 15 is 0 Å². The molecule has 2 aliphatic heterocycles. The van der Waals surface area contributed by atoms with Crippen LogP contribution in [0.5, 0.6) is 5.75 Å². The second-order valence-corrected chi connectivity index (χ2v) is 9.14. The van der Waals surface area contributed by atoms with Crippen LogP contribution in [0.15, 0.2) is 54.6 Å². The maximum Gasteiger partial charge on any atom is 0.260 e. The number of methoxy groups -OCH3 is 1. The lowest BCUT2D eigenvalue weighted by atomic mass is 10.0. The van der Waals surface area contributed by atoms with Crippen LogP contribution in [-0.4, -0.2) is 56.0 Å². The molecule has 0 aliphatic carbocycles. The average Bonchev–Trinajstić information content (AvgIpc) is 3.17. The van der Waals surface area contributed by atoms with Gasteiger partial charge in [-0.1, -0.05) is 73.6 Å². The van der Waals surface area contributed by atoms with E-state index in [1.807, 2.05) is 127 Å². The van der Waals surface area contributed by atoms with E-state index in [1.165, 1.54) is 6.42 Å². The smallest absolute Gasteiger partial charge is 0.260 e. The van der Waals surface area contributed by atoms with E-state index in [2.05, 4.69) is 0 Å². The molecule has 2 aliphatic rings. The van der Waals surface area contributed by atoms with Gasteiger partial charge in [0, 0.05) is 50.4 Å². The molecular formula is C36H54N4O3. The number of aromatic nitrogens is 1. The monoisotopic (exact) mass is 590 g/mol. The van der Waals surface area contributed by atoms with Crippen LogP contribution in [-0.2, 0) is 6.42 Å². The Labute approximate surface area is 260 Å². The van der Waals surface area contributed by atoms with Crippen LogP contribution in [0, 0.1) is 0 Å². The Morgan fingerprint density at radius 3 is 2.05 bits per heavy atom. The van der Waals surface area contributed by atoms with E-state index < -0.39 is 0 Å². The highest BCUT2D eigenvalue weighted by atomic mass is 16.5.